The fourth-order valence-electron chi connectivity index (χ4n) is 4.06. The number of aromatic nitrogens is 1. The number of rotatable bonds is 7. The number of benzene rings is 1. The monoisotopic (exact) mass is 582 g/mol. The van der Waals surface area contributed by atoms with E-state index in [4.69, 9.17) is 5.73 Å². The number of nitrogens with one attached hydrogen (secondary N) is 1. The van der Waals surface area contributed by atoms with E-state index in [0.29, 0.717) is 19.1 Å². The Morgan fingerprint density at radius 3 is 2.11 bits per heavy atom. The molecule has 14 heteroatoms. The number of thiazole rings is 1. The van der Waals surface area contributed by atoms with Crippen LogP contribution in [0.25, 0.3) is 10.2 Å². The topological polar surface area (TPSA) is 140 Å². The van der Waals surface area contributed by atoms with E-state index >= 15 is 0 Å². The maximum atomic E-state index is 13.5. The van der Waals surface area contributed by atoms with Gasteiger partial charge >= 0.3 is 0 Å². The average Bonchev–Trinajstić information content (AvgIpc) is 3.60. The Morgan fingerprint density at radius 2 is 1.56 bits per heavy atom. The number of amides is 1. The van der Waals surface area contributed by atoms with Crippen molar-refractivity contribution >= 4 is 81.0 Å². The van der Waals surface area contributed by atoms with Crippen molar-refractivity contribution in [3.8, 4) is 0 Å². The molecule has 0 radical (unpaired) electrons. The lowest BCUT2D eigenvalue weighted by Crippen LogP contribution is -2.36. The Labute approximate surface area is 220 Å². The minimum Gasteiger partial charge on any atom is -0.328 e. The van der Waals surface area contributed by atoms with E-state index in [0.717, 1.165) is 59.7 Å². The van der Waals surface area contributed by atoms with Crippen molar-refractivity contribution in [2.24, 2.45) is 11.7 Å². The van der Waals surface area contributed by atoms with E-state index in [1.807, 2.05) is 0 Å². The Hall–Kier alpha value is -2.36. The molecule has 0 aliphatic heterocycles. The molecular formula is C22H22N4O5S5. The van der Waals surface area contributed by atoms with Crippen LogP contribution in [0.3, 0.4) is 0 Å². The maximum Gasteiger partial charge on any atom is 0.287 e. The predicted molar refractivity (Wildman–Crippen MR) is 144 cm³/mol. The first-order chi connectivity index (χ1) is 17.2. The second-order valence-electron chi connectivity index (χ2n) is 8.34. The van der Waals surface area contributed by atoms with Gasteiger partial charge in [-0.15, -0.1) is 22.7 Å². The van der Waals surface area contributed by atoms with E-state index in [-0.39, 0.29) is 32.0 Å². The third-order valence-corrected chi connectivity index (χ3v) is 13.8. The van der Waals surface area contributed by atoms with Gasteiger partial charge in [-0.2, -0.15) is 20.5 Å². The first-order valence-corrected chi connectivity index (χ1v) is 16.5. The molecule has 190 valence electrons. The number of sulfonamides is 2. The summed E-state index contributed by atoms with van der Waals surface area (Å²) in [5.41, 5.74) is 6.42. The summed E-state index contributed by atoms with van der Waals surface area (Å²) in [6.45, 7) is 0. The minimum absolute atomic E-state index is 0.0351. The number of carbonyl (C=O) groups excluding carboxylic acids is 1. The highest BCUT2D eigenvalue weighted by Crippen LogP contribution is 2.37. The molecule has 1 fully saturated rings. The summed E-state index contributed by atoms with van der Waals surface area (Å²) >= 11 is 3.04. The first kappa shape index (κ1) is 25.3. The molecule has 1 aliphatic carbocycles. The van der Waals surface area contributed by atoms with E-state index in [1.54, 1.807) is 29.0 Å². The largest absolute Gasteiger partial charge is 0.328 e. The summed E-state index contributed by atoms with van der Waals surface area (Å²) in [7, 11) is -8.84. The van der Waals surface area contributed by atoms with Gasteiger partial charge in [0.1, 0.15) is 8.42 Å². The summed E-state index contributed by atoms with van der Waals surface area (Å²) in [5.74, 6) is -0.252. The molecule has 0 unspecified atom stereocenters. The van der Waals surface area contributed by atoms with Gasteiger partial charge in [-0.1, -0.05) is 23.5 Å². The third kappa shape index (κ3) is 4.80. The van der Waals surface area contributed by atoms with Gasteiger partial charge in [0.15, 0.2) is 5.13 Å². The van der Waals surface area contributed by atoms with Crippen molar-refractivity contribution in [2.45, 2.75) is 40.1 Å². The zero-order chi connectivity index (χ0) is 25.5. The average molecular weight is 583 g/mol. The Morgan fingerprint density at radius 1 is 0.944 bits per heavy atom. The van der Waals surface area contributed by atoms with Gasteiger partial charge in [-0.3, -0.25) is 4.79 Å². The quantitative estimate of drug-likeness (QED) is 0.328. The SMILES string of the molecule is NC1CCC(C(=O)Nc2nc3ccc(N(S(=O)(=O)c4cccs4)S(=O)(=O)c4cccs4)cc3s2)CC1. The third-order valence-electron chi connectivity index (χ3n) is 5.89. The van der Waals surface area contributed by atoms with Crippen LogP contribution in [0.4, 0.5) is 10.8 Å². The number of hydrogen-bond donors (Lipinski definition) is 2. The van der Waals surface area contributed by atoms with Crippen LogP contribution in [0.2, 0.25) is 0 Å². The molecule has 0 spiro atoms. The Balaban J connectivity index is 1.51. The molecule has 0 atom stereocenters. The molecule has 36 heavy (non-hydrogen) atoms. The Kier molecular flexibility index (Phi) is 6.91. The lowest BCUT2D eigenvalue weighted by molar-refractivity contribution is -0.120. The lowest BCUT2D eigenvalue weighted by Gasteiger charge is -2.24. The molecule has 5 rings (SSSR count). The number of carbonyl (C=O) groups is 1. The molecule has 0 saturated heterocycles. The fraction of sp³-hybridized carbons (Fsp3) is 0.273. The summed E-state index contributed by atoms with van der Waals surface area (Å²) in [4.78, 5) is 17.1. The molecular weight excluding hydrogens is 561 g/mol. The smallest absolute Gasteiger partial charge is 0.287 e. The van der Waals surface area contributed by atoms with Crippen molar-refractivity contribution in [3.05, 3.63) is 53.2 Å². The molecule has 3 N–H and O–H groups in total. The van der Waals surface area contributed by atoms with Crippen LogP contribution >= 0.6 is 34.0 Å². The van der Waals surface area contributed by atoms with Crippen LogP contribution in [-0.4, -0.2) is 33.8 Å². The van der Waals surface area contributed by atoms with Gasteiger partial charge in [0.25, 0.3) is 20.0 Å². The van der Waals surface area contributed by atoms with Crippen LogP contribution in [0, 0.1) is 5.92 Å². The van der Waals surface area contributed by atoms with Crippen LogP contribution in [0.15, 0.2) is 61.6 Å². The van der Waals surface area contributed by atoms with E-state index in [9.17, 15) is 21.6 Å². The summed E-state index contributed by atoms with van der Waals surface area (Å²) in [5, 5.41) is 6.37. The number of hydrogen-bond acceptors (Lipinski definition) is 10. The van der Waals surface area contributed by atoms with Gasteiger partial charge in [0.05, 0.1) is 15.9 Å². The molecule has 4 aromatic rings. The zero-order valence-electron chi connectivity index (χ0n) is 18.7. The van der Waals surface area contributed by atoms with E-state index in [2.05, 4.69) is 10.3 Å². The van der Waals surface area contributed by atoms with Crippen molar-refractivity contribution < 1.29 is 21.6 Å². The highest BCUT2D eigenvalue weighted by atomic mass is 32.3. The summed E-state index contributed by atoms with van der Waals surface area (Å²) < 4.78 is 54.9. The number of anilines is 2. The highest BCUT2D eigenvalue weighted by molar-refractivity contribution is 8.11. The van der Waals surface area contributed by atoms with Crippen molar-refractivity contribution in [1.82, 2.24) is 4.98 Å². The molecule has 1 saturated carbocycles. The highest BCUT2D eigenvalue weighted by Gasteiger charge is 2.38. The molecule has 3 heterocycles. The number of nitrogens with zero attached hydrogens (tertiary/aromatic N) is 2. The number of nitrogens with two attached hydrogens (primary N) is 1. The van der Waals surface area contributed by atoms with Crippen molar-refractivity contribution in [2.75, 3.05) is 9.03 Å². The standard InChI is InChI=1S/C22H22N4O5S5/c23-15-7-5-14(6-8-15)21(27)25-22-24-17-10-9-16(13-18(17)34-22)26(35(28,29)19-3-1-11-32-19)36(30,31)20-4-2-12-33-20/h1-4,9-15H,5-8,23H2,(H,24,25,27). The second-order valence-corrected chi connectivity index (χ2v) is 15.5. The van der Waals surface area contributed by atoms with Crippen LogP contribution in [0.5, 0.6) is 0 Å². The van der Waals surface area contributed by atoms with Crippen LogP contribution in [0.1, 0.15) is 25.7 Å². The summed E-state index contributed by atoms with van der Waals surface area (Å²) in [6, 6.07) is 10.4. The Bertz CT molecular complexity index is 1520. The van der Waals surface area contributed by atoms with E-state index in [1.165, 1.54) is 24.3 Å². The lowest BCUT2D eigenvalue weighted by atomic mass is 9.86. The molecule has 1 aliphatic rings. The molecule has 0 bridgehead atoms. The van der Waals surface area contributed by atoms with Gasteiger partial charge in [0, 0.05) is 12.0 Å². The van der Waals surface area contributed by atoms with E-state index < -0.39 is 20.0 Å². The van der Waals surface area contributed by atoms with Gasteiger partial charge in [-0.25, -0.2) is 4.98 Å². The zero-order valence-corrected chi connectivity index (χ0v) is 22.8. The van der Waals surface area contributed by atoms with Crippen molar-refractivity contribution in [3.63, 3.8) is 0 Å². The number of thiophene rings is 2. The molecule has 1 amide bonds. The maximum absolute atomic E-state index is 13.5. The van der Waals surface area contributed by atoms with Gasteiger partial charge < -0.3 is 11.1 Å². The summed E-state index contributed by atoms with van der Waals surface area (Å²) in [6.07, 6.45) is 3.04. The normalized spacial score (nSPS) is 18.8. The van der Waals surface area contributed by atoms with Crippen molar-refractivity contribution in [1.29, 1.82) is 0 Å². The molecule has 3 aromatic heterocycles. The van der Waals surface area contributed by atoms with Crippen LogP contribution in [-0.2, 0) is 24.8 Å². The molecule has 1 aromatic carbocycles. The molecule has 9 nitrogen and oxygen atoms in total. The first-order valence-electron chi connectivity index (χ1n) is 11.0. The van der Waals surface area contributed by atoms with Crippen LogP contribution < -0.4 is 14.8 Å². The van der Waals surface area contributed by atoms with Gasteiger partial charge in [0.2, 0.25) is 5.91 Å². The second kappa shape index (κ2) is 9.84. The van der Waals surface area contributed by atoms with Gasteiger partial charge in [-0.05, 0) is 66.8 Å². The fourth-order valence-corrected chi connectivity index (χ4v) is 11.0. The number of fused-ring (bicyclic) bond motifs is 1. The predicted octanol–water partition coefficient (Wildman–Crippen LogP) is 4.46. The minimum atomic E-state index is -4.42.